The lowest BCUT2D eigenvalue weighted by Gasteiger charge is -2.27. The molecule has 1 atom stereocenters. The van der Waals surface area contributed by atoms with Gasteiger partial charge >= 0.3 is 6.09 Å². The van der Waals surface area contributed by atoms with E-state index in [1.54, 1.807) is 47.1 Å². The van der Waals surface area contributed by atoms with Crippen molar-refractivity contribution in [2.24, 2.45) is 5.41 Å². The van der Waals surface area contributed by atoms with Gasteiger partial charge in [0.2, 0.25) is 10.0 Å². The number of alkyl halides is 1. The maximum absolute atomic E-state index is 14.0. The normalized spacial score (nSPS) is 17.7. The number of nitrogens with zero attached hydrogens (tertiary/aromatic N) is 3. The van der Waals surface area contributed by atoms with E-state index in [4.69, 9.17) is 9.15 Å². The molecule has 0 N–H and O–H groups in total. The number of furan rings is 1. The van der Waals surface area contributed by atoms with E-state index in [1.165, 1.54) is 30.3 Å². The van der Waals surface area contributed by atoms with Crippen LogP contribution in [0.3, 0.4) is 0 Å². The van der Waals surface area contributed by atoms with Crippen LogP contribution < -0.4 is 4.31 Å². The Morgan fingerprint density at radius 2 is 1.63 bits per heavy atom. The predicted octanol–water partition coefficient (Wildman–Crippen LogP) is 7.71. The number of ether oxygens (including phenoxy) is 1. The molecular formula is C39H43F2N3O7S. The van der Waals surface area contributed by atoms with Crippen molar-refractivity contribution in [1.29, 1.82) is 0 Å². The Morgan fingerprint density at radius 1 is 0.962 bits per heavy atom. The van der Waals surface area contributed by atoms with Gasteiger partial charge in [-0.15, -0.1) is 0 Å². The molecule has 13 heteroatoms. The van der Waals surface area contributed by atoms with E-state index in [0.717, 1.165) is 23.4 Å². The summed E-state index contributed by atoms with van der Waals surface area (Å²) in [5.74, 6) is -0.730. The molecule has 0 bridgehead atoms. The molecule has 0 aliphatic carbocycles. The minimum atomic E-state index is -4.00. The van der Waals surface area contributed by atoms with Crippen LogP contribution in [0.1, 0.15) is 67.7 Å². The van der Waals surface area contributed by atoms with E-state index in [9.17, 15) is 31.6 Å². The van der Waals surface area contributed by atoms with Gasteiger partial charge in [0.25, 0.3) is 5.91 Å². The summed E-state index contributed by atoms with van der Waals surface area (Å²) in [5.41, 5.74) is 1.34. The second kappa shape index (κ2) is 14.0. The van der Waals surface area contributed by atoms with Crippen molar-refractivity contribution in [2.45, 2.75) is 52.6 Å². The van der Waals surface area contributed by atoms with Crippen LogP contribution in [0.4, 0.5) is 19.3 Å². The summed E-state index contributed by atoms with van der Waals surface area (Å²) in [6.45, 7) is 7.75. The molecular weight excluding hydrogens is 693 g/mol. The van der Waals surface area contributed by atoms with Gasteiger partial charge in [-0.3, -0.25) is 13.9 Å². The van der Waals surface area contributed by atoms with E-state index >= 15 is 0 Å². The number of rotatable bonds is 9. The van der Waals surface area contributed by atoms with Gasteiger partial charge in [0.1, 0.15) is 29.4 Å². The van der Waals surface area contributed by atoms with Crippen molar-refractivity contribution in [1.82, 2.24) is 9.80 Å². The Hall–Kier alpha value is -4.78. The topological polar surface area (TPSA) is 117 Å². The van der Waals surface area contributed by atoms with Crippen LogP contribution in [0.25, 0.3) is 33.4 Å². The van der Waals surface area contributed by atoms with E-state index in [2.05, 4.69) is 0 Å². The lowest BCUT2D eigenvalue weighted by atomic mass is 9.86. The van der Waals surface area contributed by atoms with Gasteiger partial charge in [0, 0.05) is 66.2 Å². The molecule has 1 unspecified atom stereocenters. The van der Waals surface area contributed by atoms with Crippen molar-refractivity contribution in [3.63, 3.8) is 0 Å². The molecule has 4 aromatic rings. The molecule has 2 saturated heterocycles. The zero-order valence-corrected chi connectivity index (χ0v) is 30.8. The van der Waals surface area contributed by atoms with Crippen LogP contribution in [-0.4, -0.2) is 87.3 Å². The molecule has 1 aromatic heterocycles. The zero-order valence-electron chi connectivity index (χ0n) is 30.0. The molecule has 1 spiro atoms. The molecule has 52 heavy (non-hydrogen) atoms. The third-order valence-corrected chi connectivity index (χ3v) is 10.9. The first kappa shape index (κ1) is 37.0. The van der Waals surface area contributed by atoms with Crippen LogP contribution in [0.5, 0.6) is 0 Å². The van der Waals surface area contributed by atoms with Gasteiger partial charge in [0.05, 0.1) is 24.1 Å². The first-order valence-electron chi connectivity index (χ1n) is 17.3. The van der Waals surface area contributed by atoms with Crippen molar-refractivity contribution in [3.05, 3.63) is 77.6 Å². The number of sulfonamides is 1. The minimum absolute atomic E-state index is 0.112. The number of carbonyl (C=O) groups excluding carboxylic acids is 3. The number of Topliss-reactive ketones (excluding diaryl/α,β-unsaturated/α-hetero) is 1. The number of amides is 2. The summed E-state index contributed by atoms with van der Waals surface area (Å²) < 4.78 is 66.6. The first-order chi connectivity index (χ1) is 24.5. The monoisotopic (exact) mass is 735 g/mol. The highest BCUT2D eigenvalue weighted by molar-refractivity contribution is 7.92. The number of ketones is 1. The van der Waals surface area contributed by atoms with E-state index in [-0.39, 0.29) is 52.2 Å². The average Bonchev–Trinajstić information content (AvgIpc) is 3.82. The number of anilines is 1. The maximum Gasteiger partial charge on any atom is 0.410 e. The lowest BCUT2D eigenvalue weighted by molar-refractivity contribution is 0.0274. The summed E-state index contributed by atoms with van der Waals surface area (Å²) in [4.78, 5) is 43.7. The fourth-order valence-corrected chi connectivity index (χ4v) is 8.14. The average molecular weight is 736 g/mol. The highest BCUT2D eigenvalue weighted by Crippen LogP contribution is 2.43. The molecule has 6 rings (SSSR count). The Kier molecular flexibility index (Phi) is 9.95. The standard InChI is InChI=1S/C39H43F2N3O7S/c1-6-32(45)34-30-21-29(31(44(19-16-40)52(5,48)49)22-33(30)50-35(34)25-10-12-28(41)13-11-25)26-8-7-9-27(20-26)36(46)42-17-14-39(23-42)15-18-43(24-39)37(47)51-38(2,3)4/h7-13,20-22H,6,14-19,23-24H2,1-5H3. The molecule has 2 amide bonds. The SMILES string of the molecule is CCC(=O)c1c(-c2ccc(F)cc2)oc2cc(N(CCF)S(C)(=O)=O)c(-c3cccc(C(=O)N4CCC5(CCN(C(=O)OC(C)(C)C)C5)C4)c3)cc12. The molecule has 2 fully saturated rings. The number of carbonyl (C=O) groups is 3. The summed E-state index contributed by atoms with van der Waals surface area (Å²) in [6, 6.07) is 15.4. The molecule has 10 nitrogen and oxygen atoms in total. The number of halogens is 2. The van der Waals surface area contributed by atoms with Gasteiger partial charge in [0.15, 0.2) is 5.78 Å². The second-order valence-corrected chi connectivity index (χ2v) is 16.6. The van der Waals surface area contributed by atoms with E-state index in [1.807, 2.05) is 20.8 Å². The molecule has 2 aliphatic rings. The Balaban J connectivity index is 1.40. The van der Waals surface area contributed by atoms with Crippen LogP contribution in [0, 0.1) is 11.2 Å². The molecule has 2 aliphatic heterocycles. The first-order valence-corrected chi connectivity index (χ1v) is 19.2. The van der Waals surface area contributed by atoms with Gasteiger partial charge in [-0.1, -0.05) is 19.1 Å². The fraction of sp³-hybridized carbons (Fsp3) is 0.410. The maximum atomic E-state index is 14.0. The second-order valence-electron chi connectivity index (χ2n) is 14.7. The van der Waals surface area contributed by atoms with Crippen LogP contribution >= 0.6 is 0 Å². The van der Waals surface area contributed by atoms with Crippen molar-refractivity contribution >= 4 is 44.5 Å². The number of fused-ring (bicyclic) bond motifs is 1. The van der Waals surface area contributed by atoms with Crippen molar-refractivity contribution < 1.29 is 40.7 Å². The quantitative estimate of drug-likeness (QED) is 0.162. The highest BCUT2D eigenvalue weighted by atomic mass is 32.2. The predicted molar refractivity (Wildman–Crippen MR) is 195 cm³/mol. The van der Waals surface area contributed by atoms with Crippen LogP contribution in [0.15, 0.2) is 65.1 Å². The summed E-state index contributed by atoms with van der Waals surface area (Å²) in [6.07, 6.45) is 2.23. The summed E-state index contributed by atoms with van der Waals surface area (Å²) >= 11 is 0. The molecule has 3 aromatic carbocycles. The number of hydrogen-bond donors (Lipinski definition) is 0. The van der Waals surface area contributed by atoms with Gasteiger partial charge in [-0.05, 0) is 81.6 Å². The van der Waals surface area contributed by atoms with E-state index in [0.29, 0.717) is 53.8 Å². The highest BCUT2D eigenvalue weighted by Gasteiger charge is 2.47. The molecule has 0 radical (unpaired) electrons. The fourth-order valence-electron chi connectivity index (χ4n) is 7.23. The third kappa shape index (κ3) is 7.41. The Morgan fingerprint density at radius 3 is 2.27 bits per heavy atom. The molecule has 0 saturated carbocycles. The molecule has 276 valence electrons. The van der Waals surface area contributed by atoms with Gasteiger partial charge in [-0.25, -0.2) is 22.0 Å². The van der Waals surface area contributed by atoms with Crippen LogP contribution in [-0.2, 0) is 14.8 Å². The molecule has 3 heterocycles. The largest absolute Gasteiger partial charge is 0.455 e. The summed E-state index contributed by atoms with van der Waals surface area (Å²) in [5, 5.41) is 0.396. The number of likely N-dealkylation sites (tertiary alicyclic amines) is 2. The third-order valence-electron chi connectivity index (χ3n) is 9.71. The lowest BCUT2D eigenvalue weighted by Crippen LogP contribution is -2.38. The van der Waals surface area contributed by atoms with Gasteiger partial charge < -0.3 is 19.0 Å². The zero-order chi connectivity index (χ0) is 37.6. The number of benzene rings is 3. The van der Waals surface area contributed by atoms with Crippen LogP contribution in [0.2, 0.25) is 0 Å². The summed E-state index contributed by atoms with van der Waals surface area (Å²) in [7, 11) is -4.00. The van der Waals surface area contributed by atoms with Crippen molar-refractivity contribution in [2.75, 3.05) is 50.0 Å². The smallest absolute Gasteiger partial charge is 0.410 e. The number of hydrogen-bond acceptors (Lipinski definition) is 7. The van der Waals surface area contributed by atoms with Crippen molar-refractivity contribution in [3.8, 4) is 22.5 Å². The minimum Gasteiger partial charge on any atom is -0.455 e. The van der Waals surface area contributed by atoms with Gasteiger partial charge in [-0.2, -0.15) is 0 Å². The van der Waals surface area contributed by atoms with E-state index < -0.39 is 34.7 Å². The Bertz CT molecular complexity index is 2140. The Labute approximate surface area is 302 Å².